The second-order valence-electron chi connectivity index (χ2n) is 17.4. The number of H-pyrrole nitrogens is 1. The largest absolute Gasteiger partial charge is 0.377 e. The summed E-state index contributed by atoms with van der Waals surface area (Å²) < 4.78 is 41.0. The SMILES string of the molecule is CC1(C)CCC(CN2CCN(c3ccc(C(=O)NS(=O)(=O)c4ccc(NC[C@H]5COCCO5)c([N+](=O)[O-])c4)c(N4CCSc5nc6[nH]ccc6cc54)c3)CC2)=C(c2ccc(Cl)cc2)C1.Cl. The number of nitrogens with zero attached hydrogens (tertiary/aromatic N) is 5. The average molecular weight is 964 g/mol. The normalized spacial score (nSPS) is 19.1. The van der Waals surface area contributed by atoms with Gasteiger partial charge in [-0.2, -0.15) is 0 Å². The van der Waals surface area contributed by atoms with E-state index in [2.05, 4.69) is 50.8 Å². The zero-order valence-corrected chi connectivity index (χ0v) is 39.4. The molecule has 3 aliphatic heterocycles. The molecule has 4 aliphatic rings. The van der Waals surface area contributed by atoms with Crippen LogP contribution in [0.4, 0.5) is 28.4 Å². The summed E-state index contributed by atoms with van der Waals surface area (Å²) >= 11 is 7.89. The molecule has 15 nitrogen and oxygen atoms in total. The second kappa shape index (κ2) is 19.5. The van der Waals surface area contributed by atoms with Crippen molar-refractivity contribution in [1.82, 2.24) is 19.6 Å². The van der Waals surface area contributed by atoms with Gasteiger partial charge in [-0.05, 0) is 90.4 Å². The highest BCUT2D eigenvalue weighted by Gasteiger charge is 2.32. The summed E-state index contributed by atoms with van der Waals surface area (Å²) in [6.07, 6.45) is 4.74. The van der Waals surface area contributed by atoms with Crippen molar-refractivity contribution < 1.29 is 27.6 Å². The summed E-state index contributed by atoms with van der Waals surface area (Å²) in [4.78, 5) is 40.3. The molecule has 2 saturated heterocycles. The number of carbonyl (C=O) groups excluding carboxylic acids is 1. The van der Waals surface area contributed by atoms with Gasteiger partial charge < -0.3 is 29.6 Å². The standard InChI is InChI=1S/C46H51ClN8O7S2.ClH/c1-46(2)13-11-32(38(26-46)30-3-5-33(47)6-4-30)28-52-15-17-53(18-16-52)34-7-9-37(40(24-34)54-19-22-63-45-42(54)23-31-12-14-48-43(31)50-45)44(56)51-64(59,60)36-8-10-39(41(25-36)55(57)58)49-27-35-29-61-20-21-62-35;/h3-10,12,14,23-25,35,49H,11,13,15-22,26-29H2,1-2H3,(H,48,50)(H,51,56);1H/t35-;/m0./s1. The third-order valence-corrected chi connectivity index (χ3v) is 15.0. The third-order valence-electron chi connectivity index (χ3n) is 12.5. The van der Waals surface area contributed by atoms with Gasteiger partial charge in [-0.15, -0.1) is 24.2 Å². The number of nitro benzene ring substituents is 1. The predicted molar refractivity (Wildman–Crippen MR) is 259 cm³/mol. The van der Waals surface area contributed by atoms with E-state index in [1.54, 1.807) is 17.8 Å². The van der Waals surface area contributed by atoms with Crippen LogP contribution in [0.5, 0.6) is 0 Å². The van der Waals surface area contributed by atoms with Crippen molar-refractivity contribution in [3.8, 4) is 0 Å². The van der Waals surface area contributed by atoms with Crippen molar-refractivity contribution in [1.29, 1.82) is 0 Å². The van der Waals surface area contributed by atoms with Crippen LogP contribution in [0.15, 0.2) is 94.5 Å². The first-order chi connectivity index (χ1) is 30.8. The minimum absolute atomic E-state index is 0. The average Bonchev–Trinajstić information content (AvgIpc) is 3.76. The molecule has 0 bridgehead atoms. The molecule has 3 N–H and O–H groups in total. The number of fused-ring (bicyclic) bond motifs is 2. The van der Waals surface area contributed by atoms with Crippen molar-refractivity contribution >= 4 is 96.7 Å². The topological polar surface area (TPSA) is 175 Å². The minimum Gasteiger partial charge on any atom is -0.377 e. The number of ether oxygens (including phenoxy) is 2. The Morgan fingerprint density at radius 3 is 2.57 bits per heavy atom. The van der Waals surface area contributed by atoms with E-state index in [0.29, 0.717) is 37.8 Å². The lowest BCUT2D eigenvalue weighted by molar-refractivity contribution is -0.384. The summed E-state index contributed by atoms with van der Waals surface area (Å²) in [5.41, 5.74) is 7.19. The number of amides is 1. The lowest BCUT2D eigenvalue weighted by Gasteiger charge is -2.40. The lowest BCUT2D eigenvalue weighted by atomic mass is 9.72. The van der Waals surface area contributed by atoms with Gasteiger partial charge in [0.2, 0.25) is 0 Å². The number of hydrogen-bond donors (Lipinski definition) is 3. The van der Waals surface area contributed by atoms with Crippen LogP contribution in [0.25, 0.3) is 16.6 Å². The number of pyridine rings is 1. The number of hydrogen-bond acceptors (Lipinski definition) is 13. The molecule has 2 aromatic heterocycles. The first-order valence-electron chi connectivity index (χ1n) is 21.6. The number of halogens is 2. The van der Waals surface area contributed by atoms with E-state index in [0.717, 1.165) is 90.5 Å². The number of nitro groups is 1. The highest BCUT2D eigenvalue weighted by Crippen LogP contribution is 2.44. The van der Waals surface area contributed by atoms with Crippen LogP contribution in [0.2, 0.25) is 5.02 Å². The molecule has 5 heterocycles. The molecule has 1 amide bonds. The zero-order chi connectivity index (χ0) is 44.6. The quantitative estimate of drug-likeness (QED) is 0.0803. The Kier molecular flexibility index (Phi) is 14.0. The van der Waals surface area contributed by atoms with Gasteiger partial charge in [0.05, 0.1) is 52.7 Å². The number of aromatic nitrogens is 2. The first-order valence-corrected chi connectivity index (χ1v) is 24.4. The van der Waals surface area contributed by atoms with Gasteiger partial charge in [-0.25, -0.2) is 18.1 Å². The van der Waals surface area contributed by atoms with E-state index < -0.39 is 31.4 Å². The molecule has 1 aliphatic carbocycles. The number of carbonyl (C=O) groups is 1. The van der Waals surface area contributed by atoms with Crippen LogP contribution < -0.4 is 19.8 Å². The van der Waals surface area contributed by atoms with Crippen LogP contribution in [0, 0.1) is 15.5 Å². The molecule has 0 unspecified atom stereocenters. The molecule has 5 aromatic rings. The maximum atomic E-state index is 14.3. The number of allylic oxidation sites excluding steroid dienone is 1. The lowest BCUT2D eigenvalue weighted by Crippen LogP contribution is -2.47. The van der Waals surface area contributed by atoms with E-state index in [-0.39, 0.29) is 41.7 Å². The third kappa shape index (κ3) is 10.4. The maximum Gasteiger partial charge on any atom is 0.293 e. The van der Waals surface area contributed by atoms with E-state index in [1.165, 1.54) is 28.8 Å². The highest BCUT2D eigenvalue weighted by atomic mass is 35.5. The molecular weight excluding hydrogens is 912 g/mol. The summed E-state index contributed by atoms with van der Waals surface area (Å²) in [5, 5.41) is 17.6. The number of thioether (sulfide) groups is 1. The second-order valence-corrected chi connectivity index (χ2v) is 20.6. The van der Waals surface area contributed by atoms with E-state index in [9.17, 15) is 23.3 Å². The summed E-state index contributed by atoms with van der Waals surface area (Å²) in [7, 11) is -4.57. The Balaban J connectivity index is 0.00000576. The van der Waals surface area contributed by atoms with Crippen LogP contribution in [0.1, 0.15) is 49.0 Å². The number of rotatable bonds is 12. The maximum absolute atomic E-state index is 14.3. The fraction of sp³-hybridized carbons (Fsp3) is 0.391. The van der Waals surface area contributed by atoms with Crippen LogP contribution in [-0.2, 0) is 19.5 Å². The van der Waals surface area contributed by atoms with Gasteiger partial charge in [0, 0.05) is 79.9 Å². The fourth-order valence-electron chi connectivity index (χ4n) is 8.98. The molecular formula is C46H52Cl2N8O7S2. The number of nitrogens with one attached hydrogen (secondary N) is 3. The van der Waals surface area contributed by atoms with Gasteiger partial charge in [-0.1, -0.05) is 43.2 Å². The van der Waals surface area contributed by atoms with Gasteiger partial charge in [0.25, 0.3) is 21.6 Å². The van der Waals surface area contributed by atoms with Crippen molar-refractivity contribution in [2.45, 2.75) is 49.1 Å². The molecule has 1 atom stereocenters. The molecule has 9 rings (SSSR count). The molecule has 344 valence electrons. The number of benzene rings is 3. The van der Waals surface area contributed by atoms with E-state index >= 15 is 0 Å². The minimum atomic E-state index is -4.57. The Morgan fingerprint density at radius 2 is 1.82 bits per heavy atom. The number of piperazine rings is 1. The monoisotopic (exact) mass is 962 g/mol. The van der Waals surface area contributed by atoms with Crippen molar-refractivity contribution in [2.75, 3.05) is 86.5 Å². The molecule has 0 radical (unpaired) electrons. The Labute approximate surface area is 393 Å². The van der Waals surface area contributed by atoms with Gasteiger partial charge in [-0.3, -0.25) is 19.8 Å². The summed E-state index contributed by atoms with van der Waals surface area (Å²) in [6, 6.07) is 21.2. The Hall–Kier alpha value is -4.88. The van der Waals surface area contributed by atoms with Crippen molar-refractivity contribution in [2.24, 2.45) is 5.41 Å². The van der Waals surface area contributed by atoms with Crippen molar-refractivity contribution in [3.05, 3.63) is 111 Å². The van der Waals surface area contributed by atoms with Gasteiger partial charge >= 0.3 is 0 Å². The molecule has 65 heavy (non-hydrogen) atoms. The Bertz CT molecular complexity index is 2720. The zero-order valence-electron chi connectivity index (χ0n) is 36.2. The molecule has 3 aromatic carbocycles. The van der Waals surface area contributed by atoms with Crippen LogP contribution in [0.3, 0.4) is 0 Å². The molecule has 0 spiro atoms. The van der Waals surface area contributed by atoms with Gasteiger partial charge in [0.1, 0.15) is 16.4 Å². The number of aromatic amines is 1. The smallest absolute Gasteiger partial charge is 0.293 e. The first kappa shape index (κ1) is 46.6. The van der Waals surface area contributed by atoms with Crippen LogP contribution >= 0.6 is 35.8 Å². The summed E-state index contributed by atoms with van der Waals surface area (Å²) in [6.45, 7) is 10.8. The number of anilines is 4. The molecule has 2 fully saturated rings. The van der Waals surface area contributed by atoms with E-state index in [4.69, 9.17) is 26.1 Å². The van der Waals surface area contributed by atoms with E-state index in [1.807, 2.05) is 47.5 Å². The molecule has 0 saturated carbocycles. The summed E-state index contributed by atoms with van der Waals surface area (Å²) in [5.74, 6) is -0.176. The predicted octanol–water partition coefficient (Wildman–Crippen LogP) is 8.52. The number of sulfonamides is 1. The molecule has 19 heteroatoms. The highest BCUT2D eigenvalue weighted by molar-refractivity contribution is 7.99. The fourth-order valence-corrected chi connectivity index (χ4v) is 11.0. The Morgan fingerprint density at radius 1 is 1.02 bits per heavy atom. The van der Waals surface area contributed by atoms with Crippen molar-refractivity contribution in [3.63, 3.8) is 0 Å². The van der Waals surface area contributed by atoms with Gasteiger partial charge in [0.15, 0.2) is 0 Å². The van der Waals surface area contributed by atoms with Crippen LogP contribution in [-0.4, -0.2) is 112 Å².